The van der Waals surface area contributed by atoms with Crippen LogP contribution >= 0.6 is 0 Å². The first-order valence-electron chi connectivity index (χ1n) is 3.70. The molecule has 0 saturated carbocycles. The highest BCUT2D eigenvalue weighted by molar-refractivity contribution is 5.92. The van der Waals surface area contributed by atoms with Gasteiger partial charge in [0.25, 0.3) is 0 Å². The molecule has 0 aliphatic carbocycles. The van der Waals surface area contributed by atoms with Crippen LogP contribution in [-0.2, 0) is 9.59 Å². The van der Waals surface area contributed by atoms with E-state index in [4.69, 9.17) is 10.2 Å². The van der Waals surface area contributed by atoms with Crippen molar-refractivity contribution < 1.29 is 19.8 Å². The van der Waals surface area contributed by atoms with E-state index in [1.165, 1.54) is 0 Å². The van der Waals surface area contributed by atoms with Crippen molar-refractivity contribution in [2.45, 2.75) is 19.8 Å². The summed E-state index contributed by atoms with van der Waals surface area (Å²) in [6.45, 7) is 1.90. The van der Waals surface area contributed by atoms with Gasteiger partial charge in [0.15, 0.2) is 5.92 Å². The zero-order valence-corrected chi connectivity index (χ0v) is 6.86. The molecule has 0 saturated heterocycles. The van der Waals surface area contributed by atoms with Gasteiger partial charge in [0.1, 0.15) is 0 Å². The Kier molecular flexibility index (Phi) is 4.76. The number of allylic oxidation sites excluding steroid dienone is 2. The quantitative estimate of drug-likeness (QED) is 0.481. The monoisotopic (exact) mass is 172 g/mol. The van der Waals surface area contributed by atoms with Crippen LogP contribution in [0.3, 0.4) is 0 Å². The second-order valence-corrected chi connectivity index (χ2v) is 2.34. The van der Waals surface area contributed by atoms with Gasteiger partial charge >= 0.3 is 11.9 Å². The van der Waals surface area contributed by atoms with E-state index in [-0.39, 0.29) is 6.42 Å². The molecule has 0 atom stereocenters. The molecule has 4 nitrogen and oxygen atoms in total. The number of rotatable bonds is 5. The molecule has 4 heteroatoms. The smallest absolute Gasteiger partial charge is 0.318 e. The van der Waals surface area contributed by atoms with E-state index >= 15 is 0 Å². The van der Waals surface area contributed by atoms with Gasteiger partial charge < -0.3 is 10.2 Å². The third kappa shape index (κ3) is 3.75. The third-order valence-corrected chi connectivity index (χ3v) is 1.37. The molecule has 0 aromatic heterocycles. The summed E-state index contributed by atoms with van der Waals surface area (Å²) in [6.07, 6.45) is 4.16. The first-order chi connectivity index (χ1) is 5.59. The van der Waals surface area contributed by atoms with Crippen LogP contribution in [-0.4, -0.2) is 22.2 Å². The van der Waals surface area contributed by atoms with Gasteiger partial charge in [0.2, 0.25) is 0 Å². The first-order valence-corrected chi connectivity index (χ1v) is 3.70. The van der Waals surface area contributed by atoms with Crippen molar-refractivity contribution in [3.63, 3.8) is 0 Å². The van der Waals surface area contributed by atoms with Crippen molar-refractivity contribution in [1.82, 2.24) is 0 Å². The molecule has 0 amide bonds. The maximum Gasteiger partial charge on any atom is 0.318 e. The van der Waals surface area contributed by atoms with Crippen molar-refractivity contribution in [3.05, 3.63) is 12.2 Å². The summed E-state index contributed by atoms with van der Waals surface area (Å²) in [6, 6.07) is 0. The van der Waals surface area contributed by atoms with Gasteiger partial charge in [-0.25, -0.2) is 0 Å². The van der Waals surface area contributed by atoms with Crippen molar-refractivity contribution in [2.24, 2.45) is 5.92 Å². The Hall–Kier alpha value is -1.32. The number of carbonyl (C=O) groups is 2. The fourth-order valence-corrected chi connectivity index (χ4v) is 0.706. The molecule has 12 heavy (non-hydrogen) atoms. The summed E-state index contributed by atoms with van der Waals surface area (Å²) < 4.78 is 0. The molecule has 0 rings (SSSR count). The zero-order valence-electron chi connectivity index (χ0n) is 6.86. The lowest BCUT2D eigenvalue weighted by Gasteiger charge is -2.01. The van der Waals surface area contributed by atoms with Crippen LogP contribution in [0.25, 0.3) is 0 Å². The van der Waals surface area contributed by atoms with Crippen LogP contribution in [0.5, 0.6) is 0 Å². The Morgan fingerprint density at radius 1 is 1.25 bits per heavy atom. The van der Waals surface area contributed by atoms with Crippen LogP contribution in [0.15, 0.2) is 12.2 Å². The van der Waals surface area contributed by atoms with E-state index < -0.39 is 17.9 Å². The molecule has 0 spiro atoms. The number of carboxylic acids is 2. The maximum absolute atomic E-state index is 10.3. The van der Waals surface area contributed by atoms with Crippen molar-refractivity contribution in [2.75, 3.05) is 0 Å². The summed E-state index contributed by atoms with van der Waals surface area (Å²) in [4.78, 5) is 20.6. The average Bonchev–Trinajstić information content (AvgIpc) is 1.96. The Morgan fingerprint density at radius 2 is 1.75 bits per heavy atom. The fraction of sp³-hybridized carbons (Fsp3) is 0.500. The summed E-state index contributed by atoms with van der Waals surface area (Å²) >= 11 is 0. The summed E-state index contributed by atoms with van der Waals surface area (Å²) in [5.74, 6) is -3.89. The first kappa shape index (κ1) is 10.7. The highest BCUT2D eigenvalue weighted by atomic mass is 16.4. The molecular weight excluding hydrogens is 160 g/mol. The topological polar surface area (TPSA) is 74.6 Å². The zero-order chi connectivity index (χ0) is 9.56. The third-order valence-electron chi connectivity index (χ3n) is 1.37. The molecule has 0 aliphatic rings. The average molecular weight is 172 g/mol. The van der Waals surface area contributed by atoms with Crippen LogP contribution in [0, 0.1) is 5.92 Å². The lowest BCUT2D eigenvalue weighted by molar-refractivity contribution is -0.154. The van der Waals surface area contributed by atoms with Crippen LogP contribution in [0.1, 0.15) is 19.8 Å². The minimum atomic E-state index is -1.31. The maximum atomic E-state index is 10.3. The van der Waals surface area contributed by atoms with Crippen molar-refractivity contribution in [1.29, 1.82) is 0 Å². The van der Waals surface area contributed by atoms with E-state index in [1.807, 2.05) is 6.92 Å². The molecule has 0 aromatic carbocycles. The Labute approximate surface area is 70.5 Å². The molecular formula is C8H12O4. The Bertz CT molecular complexity index is 181. The molecule has 0 heterocycles. The van der Waals surface area contributed by atoms with Crippen LogP contribution in [0.4, 0.5) is 0 Å². The number of hydrogen-bond acceptors (Lipinski definition) is 2. The van der Waals surface area contributed by atoms with Crippen molar-refractivity contribution >= 4 is 11.9 Å². The van der Waals surface area contributed by atoms with E-state index in [0.29, 0.717) is 0 Å². The van der Waals surface area contributed by atoms with Crippen molar-refractivity contribution in [3.8, 4) is 0 Å². The summed E-state index contributed by atoms with van der Waals surface area (Å²) in [7, 11) is 0. The molecule has 0 fully saturated rings. The second-order valence-electron chi connectivity index (χ2n) is 2.34. The van der Waals surface area contributed by atoms with E-state index in [1.54, 1.807) is 12.2 Å². The SMILES string of the molecule is CC/C=C\CC(C(=O)O)C(=O)O. The number of aliphatic carboxylic acids is 2. The molecule has 0 aliphatic heterocycles. The molecule has 68 valence electrons. The second kappa shape index (κ2) is 5.35. The van der Waals surface area contributed by atoms with Gasteiger partial charge in [0, 0.05) is 0 Å². The number of hydrogen-bond donors (Lipinski definition) is 2. The highest BCUT2D eigenvalue weighted by Crippen LogP contribution is 2.04. The van der Waals surface area contributed by atoms with Gasteiger partial charge in [-0.1, -0.05) is 19.1 Å². The fourth-order valence-electron chi connectivity index (χ4n) is 0.706. The van der Waals surface area contributed by atoms with E-state index in [9.17, 15) is 9.59 Å². The van der Waals surface area contributed by atoms with E-state index in [2.05, 4.69) is 0 Å². The molecule has 2 N–H and O–H groups in total. The minimum Gasteiger partial charge on any atom is -0.481 e. The van der Waals surface area contributed by atoms with E-state index in [0.717, 1.165) is 6.42 Å². The van der Waals surface area contributed by atoms with Gasteiger partial charge in [-0.05, 0) is 12.8 Å². The van der Waals surface area contributed by atoms with Gasteiger partial charge in [-0.2, -0.15) is 0 Å². The summed E-state index contributed by atoms with van der Waals surface area (Å²) in [5.41, 5.74) is 0. The molecule has 0 unspecified atom stereocenters. The summed E-state index contributed by atoms with van der Waals surface area (Å²) in [5, 5.41) is 16.9. The van der Waals surface area contributed by atoms with Crippen LogP contribution in [0.2, 0.25) is 0 Å². The molecule has 0 aromatic rings. The number of carboxylic acid groups (broad SMARTS) is 2. The predicted octanol–water partition coefficient (Wildman–Crippen LogP) is 1.13. The van der Waals surface area contributed by atoms with Gasteiger partial charge in [-0.15, -0.1) is 0 Å². The lowest BCUT2D eigenvalue weighted by Crippen LogP contribution is -2.22. The lowest BCUT2D eigenvalue weighted by atomic mass is 10.1. The Morgan fingerprint density at radius 3 is 2.08 bits per heavy atom. The molecule has 0 bridgehead atoms. The largest absolute Gasteiger partial charge is 0.481 e. The highest BCUT2D eigenvalue weighted by Gasteiger charge is 2.23. The molecule has 0 radical (unpaired) electrons. The Balaban J connectivity index is 4.06. The van der Waals surface area contributed by atoms with Crippen LogP contribution < -0.4 is 0 Å². The van der Waals surface area contributed by atoms with Gasteiger partial charge in [-0.3, -0.25) is 9.59 Å². The predicted molar refractivity (Wildman–Crippen MR) is 42.8 cm³/mol. The minimum absolute atomic E-state index is 0.0541. The normalized spacial score (nSPS) is 10.8. The van der Waals surface area contributed by atoms with Gasteiger partial charge in [0.05, 0.1) is 0 Å². The standard InChI is InChI=1S/C8H12O4/c1-2-3-4-5-6(7(9)10)8(11)12/h3-4,6H,2,5H2,1H3,(H,9,10)(H,11,12)/b4-3-.